The predicted molar refractivity (Wildman–Crippen MR) is 96.5 cm³/mol. The van der Waals surface area contributed by atoms with Crippen molar-refractivity contribution in [3.05, 3.63) is 47.0 Å². The van der Waals surface area contributed by atoms with Gasteiger partial charge in [-0.15, -0.1) is 0 Å². The van der Waals surface area contributed by atoms with E-state index in [-0.39, 0.29) is 27.8 Å². The molecule has 0 atom stereocenters. The molecule has 1 amide bonds. The van der Waals surface area contributed by atoms with Gasteiger partial charge in [-0.3, -0.25) is 4.79 Å². The third kappa shape index (κ3) is 5.46. The molecule has 0 spiro atoms. The van der Waals surface area contributed by atoms with Gasteiger partial charge in [0.05, 0.1) is 19.2 Å². The van der Waals surface area contributed by atoms with Crippen LogP contribution in [0.1, 0.15) is 10.4 Å². The molecule has 0 aromatic heterocycles. The second kappa shape index (κ2) is 9.75. The van der Waals surface area contributed by atoms with Gasteiger partial charge >= 0.3 is 12.6 Å². The largest absolute Gasteiger partial charge is 0.493 e. The Bertz CT molecular complexity index is 862. The number of para-hydroxylation sites is 1. The summed E-state index contributed by atoms with van der Waals surface area (Å²) in [6.45, 7) is -3.61. The van der Waals surface area contributed by atoms with Gasteiger partial charge in [0.2, 0.25) is 0 Å². The quantitative estimate of drug-likeness (QED) is 0.661. The summed E-state index contributed by atoms with van der Waals surface area (Å²) >= 11 is 5.81. The van der Waals surface area contributed by atoms with E-state index in [1.54, 1.807) is 12.1 Å². The molecule has 2 aromatic rings. The number of ether oxygens (including phenoxy) is 4. The van der Waals surface area contributed by atoms with Crippen molar-refractivity contribution in [3.8, 4) is 17.2 Å². The van der Waals surface area contributed by atoms with Crippen molar-refractivity contribution >= 4 is 29.2 Å². The Labute approximate surface area is 164 Å². The molecule has 0 bridgehead atoms. The van der Waals surface area contributed by atoms with Crippen LogP contribution in [-0.2, 0) is 9.53 Å². The van der Waals surface area contributed by atoms with Gasteiger partial charge in [-0.25, -0.2) is 4.79 Å². The topological polar surface area (TPSA) is 83.1 Å². The Kier molecular flexibility index (Phi) is 7.39. The van der Waals surface area contributed by atoms with Crippen LogP contribution in [0.25, 0.3) is 0 Å². The van der Waals surface area contributed by atoms with Crippen LogP contribution >= 0.6 is 11.6 Å². The third-order valence-electron chi connectivity index (χ3n) is 3.39. The lowest BCUT2D eigenvalue weighted by molar-refractivity contribution is -0.119. The second-order valence-electron chi connectivity index (χ2n) is 5.19. The summed E-state index contributed by atoms with van der Waals surface area (Å²) in [6, 6.07) is 8.36. The lowest BCUT2D eigenvalue weighted by Gasteiger charge is -2.12. The molecule has 10 heteroatoms. The van der Waals surface area contributed by atoms with E-state index in [0.29, 0.717) is 5.75 Å². The molecule has 7 nitrogen and oxygen atoms in total. The lowest BCUT2D eigenvalue weighted by Crippen LogP contribution is -2.21. The summed E-state index contributed by atoms with van der Waals surface area (Å²) in [5.74, 6) is -1.16. The van der Waals surface area contributed by atoms with Gasteiger partial charge in [0.25, 0.3) is 5.91 Å². The molecule has 150 valence electrons. The van der Waals surface area contributed by atoms with E-state index in [9.17, 15) is 18.4 Å². The maximum Gasteiger partial charge on any atom is 0.387 e. The van der Waals surface area contributed by atoms with E-state index >= 15 is 0 Å². The number of methoxy groups -OCH3 is 2. The number of hydrogen-bond acceptors (Lipinski definition) is 6. The second-order valence-corrected chi connectivity index (χ2v) is 5.60. The molecule has 0 aliphatic carbocycles. The first-order chi connectivity index (χ1) is 13.3. The van der Waals surface area contributed by atoms with Gasteiger partial charge in [-0.1, -0.05) is 17.7 Å². The Hall–Kier alpha value is -3.07. The summed E-state index contributed by atoms with van der Waals surface area (Å²) in [5.41, 5.74) is 0.304. The van der Waals surface area contributed by atoms with Gasteiger partial charge < -0.3 is 24.3 Å². The highest BCUT2D eigenvalue weighted by Crippen LogP contribution is 2.31. The normalized spacial score (nSPS) is 10.4. The van der Waals surface area contributed by atoms with Crippen LogP contribution in [0, 0.1) is 0 Å². The number of esters is 1. The van der Waals surface area contributed by atoms with Crippen molar-refractivity contribution in [2.75, 3.05) is 26.1 Å². The maximum absolute atomic E-state index is 12.2. The van der Waals surface area contributed by atoms with Crippen molar-refractivity contribution in [3.63, 3.8) is 0 Å². The molecule has 2 rings (SSSR count). The fourth-order valence-corrected chi connectivity index (χ4v) is 2.45. The number of halogens is 3. The van der Waals surface area contributed by atoms with Gasteiger partial charge in [0.15, 0.2) is 18.1 Å². The van der Waals surface area contributed by atoms with Crippen LogP contribution in [0.5, 0.6) is 17.2 Å². The molecule has 0 saturated carbocycles. The average Bonchev–Trinajstić information content (AvgIpc) is 2.67. The van der Waals surface area contributed by atoms with Crippen LogP contribution in [-0.4, -0.2) is 39.3 Å². The van der Waals surface area contributed by atoms with Crippen molar-refractivity contribution in [1.29, 1.82) is 0 Å². The van der Waals surface area contributed by atoms with E-state index in [1.165, 1.54) is 38.5 Å². The molecule has 0 aliphatic heterocycles. The lowest BCUT2D eigenvalue weighted by atomic mass is 10.2. The maximum atomic E-state index is 12.2. The van der Waals surface area contributed by atoms with Crippen LogP contribution in [0.3, 0.4) is 0 Å². The van der Waals surface area contributed by atoms with E-state index in [2.05, 4.69) is 10.1 Å². The van der Waals surface area contributed by atoms with Gasteiger partial charge in [0.1, 0.15) is 11.3 Å². The van der Waals surface area contributed by atoms with Crippen molar-refractivity contribution in [2.45, 2.75) is 6.61 Å². The Balaban J connectivity index is 1.97. The Morgan fingerprint density at radius 1 is 1.11 bits per heavy atom. The standard InChI is InChI=1S/C18H16ClF2NO6/c1-25-14-5-3-4-11(16(14)26-2)17(24)27-9-15(23)22-10-6-7-13(12(19)8-10)28-18(20)21/h3-8,18H,9H2,1-2H3,(H,22,23). The highest BCUT2D eigenvalue weighted by atomic mass is 35.5. The van der Waals surface area contributed by atoms with E-state index in [4.69, 9.17) is 25.8 Å². The highest BCUT2D eigenvalue weighted by Gasteiger charge is 2.19. The zero-order valence-electron chi connectivity index (χ0n) is 14.8. The number of alkyl halides is 2. The molecule has 0 aliphatic rings. The molecule has 28 heavy (non-hydrogen) atoms. The number of benzene rings is 2. The number of carbonyl (C=O) groups is 2. The number of nitrogens with one attached hydrogen (secondary N) is 1. The molecule has 0 saturated heterocycles. The summed E-state index contributed by atoms with van der Waals surface area (Å²) in [6.07, 6.45) is 0. The SMILES string of the molecule is COc1cccc(C(=O)OCC(=O)Nc2ccc(OC(F)F)c(Cl)c2)c1OC. The molecule has 0 unspecified atom stereocenters. The first-order valence-corrected chi connectivity index (χ1v) is 8.15. The molecular weight excluding hydrogens is 400 g/mol. The summed E-state index contributed by atoms with van der Waals surface area (Å²) in [4.78, 5) is 24.2. The zero-order valence-corrected chi connectivity index (χ0v) is 15.6. The fraction of sp³-hybridized carbons (Fsp3) is 0.222. The molecule has 0 fully saturated rings. The van der Waals surface area contributed by atoms with Gasteiger partial charge in [0, 0.05) is 5.69 Å². The van der Waals surface area contributed by atoms with Crippen LogP contribution < -0.4 is 19.5 Å². The minimum atomic E-state index is -3.02. The van der Waals surface area contributed by atoms with Gasteiger partial charge in [-0.2, -0.15) is 8.78 Å². The van der Waals surface area contributed by atoms with E-state index in [0.717, 1.165) is 0 Å². The smallest absolute Gasteiger partial charge is 0.387 e. The van der Waals surface area contributed by atoms with Gasteiger partial charge in [-0.05, 0) is 30.3 Å². The summed E-state index contributed by atoms with van der Waals surface area (Å²) in [7, 11) is 2.79. The minimum Gasteiger partial charge on any atom is -0.493 e. The molecule has 0 radical (unpaired) electrons. The molecule has 1 N–H and O–H groups in total. The van der Waals surface area contributed by atoms with Crippen LogP contribution in [0.2, 0.25) is 5.02 Å². The molecular formula is C18H16ClF2NO6. The summed E-state index contributed by atoms with van der Waals surface area (Å²) in [5, 5.41) is 2.31. The molecule has 0 heterocycles. The third-order valence-corrected chi connectivity index (χ3v) is 3.68. The highest BCUT2D eigenvalue weighted by molar-refractivity contribution is 6.32. The predicted octanol–water partition coefficient (Wildman–Crippen LogP) is 3.75. The number of anilines is 1. The van der Waals surface area contributed by atoms with Crippen LogP contribution in [0.4, 0.5) is 14.5 Å². The Morgan fingerprint density at radius 3 is 2.46 bits per heavy atom. The van der Waals surface area contributed by atoms with Crippen LogP contribution in [0.15, 0.2) is 36.4 Å². The van der Waals surface area contributed by atoms with Crippen molar-refractivity contribution in [2.24, 2.45) is 0 Å². The molecule has 2 aromatic carbocycles. The van der Waals surface area contributed by atoms with Crippen molar-refractivity contribution in [1.82, 2.24) is 0 Å². The summed E-state index contributed by atoms with van der Waals surface area (Å²) < 4.78 is 43.8. The van der Waals surface area contributed by atoms with E-state index in [1.807, 2.05) is 0 Å². The minimum absolute atomic E-state index is 0.0891. The Morgan fingerprint density at radius 2 is 1.86 bits per heavy atom. The monoisotopic (exact) mass is 415 g/mol. The zero-order chi connectivity index (χ0) is 20.7. The van der Waals surface area contributed by atoms with E-state index < -0.39 is 25.1 Å². The fourth-order valence-electron chi connectivity index (χ4n) is 2.22. The average molecular weight is 416 g/mol. The first-order valence-electron chi connectivity index (χ1n) is 7.78. The number of rotatable bonds is 8. The number of hydrogen-bond donors (Lipinski definition) is 1. The number of amides is 1. The van der Waals surface area contributed by atoms with Crippen molar-refractivity contribution < 1.29 is 37.3 Å². The first kappa shape index (κ1) is 21.2. The number of carbonyl (C=O) groups excluding carboxylic acids is 2.